The van der Waals surface area contributed by atoms with Crippen LogP contribution < -0.4 is 14.2 Å². The summed E-state index contributed by atoms with van der Waals surface area (Å²) in [7, 11) is 3.11. The van der Waals surface area contributed by atoms with Gasteiger partial charge in [0.15, 0.2) is 11.9 Å². The van der Waals surface area contributed by atoms with Crippen molar-refractivity contribution in [1.29, 1.82) is 0 Å². The van der Waals surface area contributed by atoms with Crippen molar-refractivity contribution in [2.75, 3.05) is 14.2 Å². The average Bonchev–Trinajstić information content (AvgIpc) is 3.17. The molecule has 37 heavy (non-hydrogen) atoms. The Hall–Kier alpha value is -4.04. The quantitative estimate of drug-likeness (QED) is 0.273. The summed E-state index contributed by atoms with van der Waals surface area (Å²) in [6, 6.07) is 15.7. The SMILES string of the molecule is CCC(Oc1ccc(Cn2c(C)c(C(=O)c3ccc(OC)cc3)c3ccc(OC)nc32)cc1Cl)C(=O)O. The summed E-state index contributed by atoms with van der Waals surface area (Å²) >= 11 is 6.44. The molecule has 1 atom stereocenters. The van der Waals surface area contributed by atoms with E-state index in [2.05, 4.69) is 4.98 Å². The number of hydrogen-bond donors (Lipinski definition) is 1. The summed E-state index contributed by atoms with van der Waals surface area (Å²) in [6.07, 6.45) is -0.678. The van der Waals surface area contributed by atoms with Crippen LogP contribution >= 0.6 is 11.6 Å². The summed E-state index contributed by atoms with van der Waals surface area (Å²) < 4.78 is 18.1. The van der Waals surface area contributed by atoms with Crippen molar-refractivity contribution < 1.29 is 28.9 Å². The fraction of sp³-hybridized carbons (Fsp3) is 0.250. The topological polar surface area (TPSA) is 99.9 Å². The molecule has 0 fully saturated rings. The van der Waals surface area contributed by atoms with Crippen molar-refractivity contribution in [3.8, 4) is 17.4 Å². The van der Waals surface area contributed by atoms with Gasteiger partial charge >= 0.3 is 5.97 Å². The average molecular weight is 523 g/mol. The Morgan fingerprint density at radius 2 is 1.78 bits per heavy atom. The third kappa shape index (κ3) is 5.24. The molecule has 0 amide bonds. The predicted octanol–water partition coefficient (Wildman–Crippen LogP) is 5.54. The first kappa shape index (κ1) is 26.0. The summed E-state index contributed by atoms with van der Waals surface area (Å²) in [5, 5.41) is 10.3. The Balaban J connectivity index is 1.74. The first-order chi connectivity index (χ1) is 17.8. The number of carboxylic acid groups (broad SMARTS) is 1. The summed E-state index contributed by atoms with van der Waals surface area (Å²) in [5.41, 5.74) is 3.25. The lowest BCUT2D eigenvalue weighted by Crippen LogP contribution is -2.26. The molecule has 0 saturated carbocycles. The Morgan fingerprint density at radius 1 is 1.05 bits per heavy atom. The minimum atomic E-state index is -1.05. The molecule has 0 bridgehead atoms. The number of aliphatic carboxylic acids is 1. The molecule has 0 aliphatic heterocycles. The van der Waals surface area contributed by atoms with E-state index < -0.39 is 12.1 Å². The molecule has 1 N–H and O–H groups in total. The number of carbonyl (C=O) groups is 2. The zero-order valence-electron chi connectivity index (χ0n) is 20.9. The van der Waals surface area contributed by atoms with Gasteiger partial charge in [-0.15, -0.1) is 0 Å². The number of ether oxygens (including phenoxy) is 3. The highest BCUT2D eigenvalue weighted by Gasteiger charge is 2.23. The van der Waals surface area contributed by atoms with Crippen molar-refractivity contribution in [1.82, 2.24) is 9.55 Å². The molecule has 0 spiro atoms. The van der Waals surface area contributed by atoms with Crippen LogP contribution in [0.15, 0.2) is 54.6 Å². The molecule has 0 aliphatic carbocycles. The van der Waals surface area contributed by atoms with Gasteiger partial charge < -0.3 is 23.9 Å². The smallest absolute Gasteiger partial charge is 0.344 e. The van der Waals surface area contributed by atoms with Gasteiger partial charge in [-0.3, -0.25) is 4.79 Å². The van der Waals surface area contributed by atoms with E-state index in [9.17, 15) is 14.7 Å². The number of carbonyl (C=O) groups excluding carboxylic acids is 1. The van der Waals surface area contributed by atoms with Crippen LogP contribution in [-0.2, 0) is 11.3 Å². The summed E-state index contributed by atoms with van der Waals surface area (Å²) in [4.78, 5) is 29.6. The van der Waals surface area contributed by atoms with E-state index in [0.717, 1.165) is 11.3 Å². The Morgan fingerprint density at radius 3 is 2.38 bits per heavy atom. The molecule has 4 rings (SSSR count). The third-order valence-corrected chi connectivity index (χ3v) is 6.48. The highest BCUT2D eigenvalue weighted by atomic mass is 35.5. The Labute approximate surface area is 219 Å². The molecular weight excluding hydrogens is 496 g/mol. The maximum atomic E-state index is 13.6. The number of aromatic nitrogens is 2. The van der Waals surface area contributed by atoms with Gasteiger partial charge in [-0.05, 0) is 61.4 Å². The number of methoxy groups -OCH3 is 2. The molecule has 192 valence electrons. The number of nitrogens with zero attached hydrogens (tertiary/aromatic N) is 2. The van der Waals surface area contributed by atoms with Crippen LogP contribution in [0.25, 0.3) is 11.0 Å². The fourth-order valence-electron chi connectivity index (χ4n) is 4.18. The van der Waals surface area contributed by atoms with E-state index in [-0.39, 0.29) is 5.78 Å². The molecule has 9 heteroatoms. The van der Waals surface area contributed by atoms with Crippen molar-refractivity contribution in [2.45, 2.75) is 32.9 Å². The van der Waals surface area contributed by atoms with Gasteiger partial charge in [0.2, 0.25) is 5.88 Å². The normalized spacial score (nSPS) is 11.8. The number of rotatable bonds is 10. The minimum Gasteiger partial charge on any atom is -0.497 e. The highest BCUT2D eigenvalue weighted by molar-refractivity contribution is 6.32. The van der Waals surface area contributed by atoms with E-state index in [0.29, 0.717) is 57.5 Å². The molecule has 0 aliphatic rings. The first-order valence-electron chi connectivity index (χ1n) is 11.7. The molecule has 2 aromatic heterocycles. The molecule has 0 radical (unpaired) electrons. The van der Waals surface area contributed by atoms with Gasteiger partial charge in [0, 0.05) is 29.3 Å². The van der Waals surface area contributed by atoms with Crippen LogP contribution in [-0.4, -0.2) is 46.7 Å². The van der Waals surface area contributed by atoms with Gasteiger partial charge in [0.05, 0.1) is 24.8 Å². The second-order valence-electron chi connectivity index (χ2n) is 8.45. The monoisotopic (exact) mass is 522 g/mol. The highest BCUT2D eigenvalue weighted by Crippen LogP contribution is 2.32. The van der Waals surface area contributed by atoms with Gasteiger partial charge in [-0.1, -0.05) is 24.6 Å². The van der Waals surface area contributed by atoms with Crippen molar-refractivity contribution in [2.24, 2.45) is 0 Å². The van der Waals surface area contributed by atoms with Gasteiger partial charge in [0.25, 0.3) is 0 Å². The molecule has 2 heterocycles. The first-order valence-corrected chi connectivity index (χ1v) is 12.1. The van der Waals surface area contributed by atoms with E-state index in [4.69, 9.17) is 25.8 Å². The second kappa shape index (κ2) is 10.9. The zero-order chi connectivity index (χ0) is 26.7. The maximum Gasteiger partial charge on any atom is 0.344 e. The standard InChI is InChI=1S/C28H27ClN2O6/c1-5-22(28(33)34)37-23-12-6-17(14-21(23)29)15-31-16(2)25(20-11-13-24(36-4)30-27(20)31)26(32)18-7-9-19(35-3)10-8-18/h6-14,22H,5,15H2,1-4H3,(H,33,34). The zero-order valence-corrected chi connectivity index (χ0v) is 21.7. The number of hydrogen-bond acceptors (Lipinski definition) is 6. The fourth-order valence-corrected chi connectivity index (χ4v) is 4.43. The second-order valence-corrected chi connectivity index (χ2v) is 8.85. The lowest BCUT2D eigenvalue weighted by Gasteiger charge is -2.15. The van der Waals surface area contributed by atoms with Crippen molar-refractivity contribution in [3.63, 3.8) is 0 Å². The summed E-state index contributed by atoms with van der Waals surface area (Å²) in [6.45, 7) is 3.98. The van der Waals surface area contributed by atoms with E-state index in [1.54, 1.807) is 56.5 Å². The molecule has 2 aromatic carbocycles. The lowest BCUT2D eigenvalue weighted by atomic mass is 10.0. The van der Waals surface area contributed by atoms with E-state index in [1.165, 1.54) is 7.11 Å². The molecule has 0 saturated heterocycles. The number of carboxylic acids is 1. The van der Waals surface area contributed by atoms with Crippen LogP contribution in [0.1, 0.15) is 40.5 Å². The molecular formula is C28H27ClN2O6. The van der Waals surface area contributed by atoms with Gasteiger partial charge in [-0.2, -0.15) is 4.98 Å². The molecule has 8 nitrogen and oxygen atoms in total. The van der Waals surface area contributed by atoms with Gasteiger partial charge in [-0.25, -0.2) is 4.79 Å². The van der Waals surface area contributed by atoms with Gasteiger partial charge in [0.1, 0.15) is 17.1 Å². The number of benzene rings is 2. The molecule has 1 unspecified atom stereocenters. The van der Waals surface area contributed by atoms with Crippen LogP contribution in [0, 0.1) is 6.92 Å². The van der Waals surface area contributed by atoms with Crippen LogP contribution in [0.4, 0.5) is 0 Å². The van der Waals surface area contributed by atoms with Crippen LogP contribution in [0.5, 0.6) is 17.4 Å². The maximum absolute atomic E-state index is 13.6. The minimum absolute atomic E-state index is 0.128. The predicted molar refractivity (Wildman–Crippen MR) is 140 cm³/mol. The molecule has 4 aromatic rings. The number of ketones is 1. The van der Waals surface area contributed by atoms with Crippen LogP contribution in [0.3, 0.4) is 0 Å². The number of fused-ring (bicyclic) bond motifs is 1. The number of pyridine rings is 1. The van der Waals surface area contributed by atoms with E-state index >= 15 is 0 Å². The summed E-state index contributed by atoms with van der Waals surface area (Å²) in [5.74, 6) is 0.211. The van der Waals surface area contributed by atoms with Crippen LogP contribution in [0.2, 0.25) is 5.02 Å². The van der Waals surface area contributed by atoms with Crippen molar-refractivity contribution >= 4 is 34.4 Å². The third-order valence-electron chi connectivity index (χ3n) is 6.18. The van der Waals surface area contributed by atoms with E-state index in [1.807, 2.05) is 23.6 Å². The Kier molecular flexibility index (Phi) is 7.69. The Bertz CT molecular complexity index is 1460. The number of halogens is 1. The van der Waals surface area contributed by atoms with Crippen molar-refractivity contribution in [3.05, 3.63) is 82.0 Å². The largest absolute Gasteiger partial charge is 0.497 e. The lowest BCUT2D eigenvalue weighted by molar-refractivity contribution is -0.145.